The Kier molecular flexibility index (Phi) is 3.95. The summed E-state index contributed by atoms with van der Waals surface area (Å²) in [6, 6.07) is 0. The van der Waals surface area contributed by atoms with E-state index < -0.39 is 11.9 Å². The number of carbonyl (C=O) groups is 2. The summed E-state index contributed by atoms with van der Waals surface area (Å²) in [4.78, 5) is 21.0. The molecule has 0 heterocycles. The summed E-state index contributed by atoms with van der Waals surface area (Å²) in [7, 11) is 0. The Morgan fingerprint density at radius 2 is 2.09 bits per heavy atom. The first kappa shape index (κ1) is 9.68. The lowest BCUT2D eigenvalue weighted by Gasteiger charge is -2.01. The SMILES string of the molecule is C=C(CC(N)=O)C(=O)OCC. The molecule has 0 fully saturated rings. The largest absolute Gasteiger partial charge is 0.463 e. The number of rotatable bonds is 4. The first-order chi connectivity index (χ1) is 5.07. The van der Waals surface area contributed by atoms with E-state index in [9.17, 15) is 9.59 Å². The van der Waals surface area contributed by atoms with Crippen LogP contribution in [0.25, 0.3) is 0 Å². The van der Waals surface area contributed by atoms with Crippen molar-refractivity contribution in [2.24, 2.45) is 5.73 Å². The van der Waals surface area contributed by atoms with E-state index in [1.807, 2.05) is 0 Å². The second kappa shape index (κ2) is 4.49. The molecule has 0 spiro atoms. The molecule has 4 nitrogen and oxygen atoms in total. The second-order valence-corrected chi connectivity index (χ2v) is 1.97. The fourth-order valence-corrected chi connectivity index (χ4v) is 0.516. The molecule has 2 N–H and O–H groups in total. The molecule has 0 aromatic rings. The number of ether oxygens (including phenoxy) is 1. The third kappa shape index (κ3) is 4.13. The van der Waals surface area contributed by atoms with Gasteiger partial charge in [-0.2, -0.15) is 0 Å². The minimum Gasteiger partial charge on any atom is -0.463 e. The topological polar surface area (TPSA) is 69.4 Å². The Labute approximate surface area is 65.0 Å². The highest BCUT2D eigenvalue weighted by atomic mass is 16.5. The van der Waals surface area contributed by atoms with Crippen LogP contribution in [0, 0.1) is 0 Å². The van der Waals surface area contributed by atoms with E-state index in [1.54, 1.807) is 6.92 Å². The van der Waals surface area contributed by atoms with Crippen molar-refractivity contribution in [3.63, 3.8) is 0 Å². The quantitative estimate of drug-likeness (QED) is 0.460. The molecule has 1 amide bonds. The van der Waals surface area contributed by atoms with Gasteiger partial charge in [-0.25, -0.2) is 4.79 Å². The molecule has 0 aromatic heterocycles. The molecule has 0 radical (unpaired) electrons. The second-order valence-electron chi connectivity index (χ2n) is 1.97. The van der Waals surface area contributed by atoms with Crippen LogP contribution in [-0.2, 0) is 14.3 Å². The maximum atomic E-state index is 10.7. The first-order valence-electron chi connectivity index (χ1n) is 3.21. The number of esters is 1. The van der Waals surface area contributed by atoms with Crippen LogP contribution in [0.3, 0.4) is 0 Å². The van der Waals surface area contributed by atoms with Crippen LogP contribution in [0.1, 0.15) is 13.3 Å². The lowest BCUT2D eigenvalue weighted by atomic mass is 10.2. The van der Waals surface area contributed by atoms with Gasteiger partial charge >= 0.3 is 5.97 Å². The van der Waals surface area contributed by atoms with Crippen molar-refractivity contribution in [2.75, 3.05) is 6.61 Å². The molecule has 0 atom stereocenters. The van der Waals surface area contributed by atoms with E-state index in [0.717, 1.165) is 0 Å². The maximum absolute atomic E-state index is 10.7. The van der Waals surface area contributed by atoms with Gasteiger partial charge in [0.05, 0.1) is 13.0 Å². The highest BCUT2D eigenvalue weighted by Crippen LogP contribution is 1.99. The van der Waals surface area contributed by atoms with Crippen molar-refractivity contribution in [2.45, 2.75) is 13.3 Å². The van der Waals surface area contributed by atoms with Crippen LogP contribution in [0.4, 0.5) is 0 Å². The first-order valence-corrected chi connectivity index (χ1v) is 3.21. The summed E-state index contributed by atoms with van der Waals surface area (Å²) >= 11 is 0. The predicted octanol–water partition coefficient (Wildman–Crippen LogP) is -0.0189. The van der Waals surface area contributed by atoms with Crippen LogP contribution in [0.2, 0.25) is 0 Å². The summed E-state index contributed by atoms with van der Waals surface area (Å²) in [5.41, 5.74) is 4.92. The molecule has 0 aliphatic carbocycles. The van der Waals surface area contributed by atoms with Crippen molar-refractivity contribution in [1.82, 2.24) is 0 Å². The van der Waals surface area contributed by atoms with Crippen molar-refractivity contribution in [3.05, 3.63) is 12.2 Å². The molecule has 0 unspecified atom stereocenters. The van der Waals surface area contributed by atoms with Gasteiger partial charge in [0, 0.05) is 5.57 Å². The van der Waals surface area contributed by atoms with Crippen LogP contribution in [-0.4, -0.2) is 18.5 Å². The summed E-state index contributed by atoms with van der Waals surface area (Å²) in [6.07, 6.45) is -0.140. The van der Waals surface area contributed by atoms with Gasteiger partial charge in [0.2, 0.25) is 5.91 Å². The lowest BCUT2D eigenvalue weighted by Crippen LogP contribution is -2.16. The fourth-order valence-electron chi connectivity index (χ4n) is 0.516. The average Bonchev–Trinajstić information content (AvgIpc) is 1.86. The average molecular weight is 157 g/mol. The van der Waals surface area contributed by atoms with Crippen LogP contribution < -0.4 is 5.73 Å². The van der Waals surface area contributed by atoms with Crippen LogP contribution in [0.15, 0.2) is 12.2 Å². The minimum atomic E-state index is -0.581. The van der Waals surface area contributed by atoms with E-state index in [0.29, 0.717) is 0 Å². The van der Waals surface area contributed by atoms with Gasteiger partial charge in [0.15, 0.2) is 0 Å². The fraction of sp³-hybridized carbons (Fsp3) is 0.429. The number of nitrogens with two attached hydrogens (primary N) is 1. The summed E-state index contributed by atoms with van der Waals surface area (Å²) in [6.45, 7) is 5.29. The minimum absolute atomic E-state index is 0.0966. The highest BCUT2D eigenvalue weighted by molar-refractivity contribution is 5.94. The number of hydrogen-bond acceptors (Lipinski definition) is 3. The third-order valence-electron chi connectivity index (χ3n) is 0.952. The Hall–Kier alpha value is -1.32. The molecule has 11 heavy (non-hydrogen) atoms. The summed E-state index contributed by atoms with van der Waals surface area (Å²) in [5, 5.41) is 0. The molecule has 0 aliphatic heterocycles. The smallest absolute Gasteiger partial charge is 0.333 e. The molecule has 4 heteroatoms. The molecule has 0 aromatic carbocycles. The highest BCUT2D eigenvalue weighted by Gasteiger charge is 2.09. The zero-order chi connectivity index (χ0) is 8.85. The number of carbonyl (C=O) groups excluding carboxylic acids is 2. The van der Waals surface area contributed by atoms with Gasteiger partial charge in [-0.15, -0.1) is 0 Å². The van der Waals surface area contributed by atoms with E-state index in [1.165, 1.54) is 0 Å². The summed E-state index contributed by atoms with van der Waals surface area (Å²) in [5.74, 6) is -1.14. The Morgan fingerprint density at radius 3 is 2.45 bits per heavy atom. The summed E-state index contributed by atoms with van der Waals surface area (Å²) < 4.78 is 4.56. The molecule has 0 saturated heterocycles. The van der Waals surface area contributed by atoms with Crippen molar-refractivity contribution < 1.29 is 14.3 Å². The van der Waals surface area contributed by atoms with E-state index in [4.69, 9.17) is 5.73 Å². The number of amides is 1. The standard InChI is InChI=1S/C7H11NO3/c1-3-11-7(10)5(2)4-6(8)9/h2-4H2,1H3,(H2,8,9). The van der Waals surface area contributed by atoms with Crippen LogP contribution >= 0.6 is 0 Å². The van der Waals surface area contributed by atoms with Crippen molar-refractivity contribution in [1.29, 1.82) is 0 Å². The van der Waals surface area contributed by atoms with E-state index in [2.05, 4.69) is 11.3 Å². The monoisotopic (exact) mass is 157 g/mol. The molecular formula is C7H11NO3. The molecule has 62 valence electrons. The van der Waals surface area contributed by atoms with Crippen molar-refractivity contribution >= 4 is 11.9 Å². The van der Waals surface area contributed by atoms with Gasteiger partial charge in [-0.05, 0) is 6.92 Å². The third-order valence-corrected chi connectivity index (χ3v) is 0.952. The van der Waals surface area contributed by atoms with Gasteiger partial charge < -0.3 is 10.5 Å². The molecular weight excluding hydrogens is 146 g/mol. The lowest BCUT2D eigenvalue weighted by molar-refractivity contribution is -0.139. The predicted molar refractivity (Wildman–Crippen MR) is 39.6 cm³/mol. The van der Waals surface area contributed by atoms with Crippen molar-refractivity contribution in [3.8, 4) is 0 Å². The van der Waals surface area contributed by atoms with Gasteiger partial charge in [-0.3, -0.25) is 4.79 Å². The zero-order valence-corrected chi connectivity index (χ0v) is 6.42. The van der Waals surface area contributed by atoms with Gasteiger partial charge in [0.1, 0.15) is 0 Å². The van der Waals surface area contributed by atoms with E-state index in [-0.39, 0.29) is 18.6 Å². The zero-order valence-electron chi connectivity index (χ0n) is 6.42. The number of primary amides is 1. The Morgan fingerprint density at radius 1 is 1.55 bits per heavy atom. The molecule has 0 aliphatic rings. The van der Waals surface area contributed by atoms with E-state index >= 15 is 0 Å². The molecule has 0 bridgehead atoms. The number of hydrogen-bond donors (Lipinski definition) is 1. The molecule has 0 saturated carbocycles. The Bertz CT molecular complexity index is 186. The molecule has 0 rings (SSSR count). The normalized spacial score (nSPS) is 8.82. The van der Waals surface area contributed by atoms with Crippen LogP contribution in [0.5, 0.6) is 0 Å². The van der Waals surface area contributed by atoms with Gasteiger partial charge in [0.25, 0.3) is 0 Å². The maximum Gasteiger partial charge on any atom is 0.333 e. The Balaban J connectivity index is 3.83. The van der Waals surface area contributed by atoms with Gasteiger partial charge in [-0.1, -0.05) is 6.58 Å².